The minimum atomic E-state index is 0.650. The molecule has 0 saturated carbocycles. The highest BCUT2D eigenvalue weighted by atomic mass is 15.1. The fourth-order valence-electron chi connectivity index (χ4n) is 1.72. The summed E-state index contributed by atoms with van der Waals surface area (Å²) in [4.78, 5) is 8.53. The van der Waals surface area contributed by atoms with Gasteiger partial charge in [-0.05, 0) is 43.5 Å². The Bertz CT molecular complexity index is 521. The van der Waals surface area contributed by atoms with Gasteiger partial charge in [0.1, 0.15) is 0 Å². The van der Waals surface area contributed by atoms with E-state index in [1.54, 1.807) is 6.20 Å². The minimum Gasteiger partial charge on any atom is -0.324 e. The molecule has 17 heavy (non-hydrogen) atoms. The van der Waals surface area contributed by atoms with E-state index in [0.717, 1.165) is 17.8 Å². The minimum absolute atomic E-state index is 0.650. The molecule has 1 heterocycles. The molecule has 0 aliphatic heterocycles. The molecule has 0 amide bonds. The van der Waals surface area contributed by atoms with Crippen LogP contribution >= 0.6 is 0 Å². The molecule has 2 aromatic rings. The molecule has 1 aromatic heterocycles. The zero-order chi connectivity index (χ0) is 12.3. The number of rotatable bonds is 3. The third-order valence-electron chi connectivity index (χ3n) is 2.74. The third kappa shape index (κ3) is 2.81. The SMILES string of the molecule is CCc1ccc(Nc2nccc(C)n2)c(C)c1. The van der Waals surface area contributed by atoms with Gasteiger partial charge in [0, 0.05) is 17.6 Å². The van der Waals surface area contributed by atoms with Crippen molar-refractivity contribution in [3.8, 4) is 0 Å². The van der Waals surface area contributed by atoms with Crippen LogP contribution in [0.15, 0.2) is 30.5 Å². The van der Waals surface area contributed by atoms with E-state index in [9.17, 15) is 0 Å². The molecule has 88 valence electrons. The van der Waals surface area contributed by atoms with Crippen molar-refractivity contribution in [2.45, 2.75) is 27.2 Å². The Kier molecular flexibility index (Phi) is 3.38. The van der Waals surface area contributed by atoms with Crippen LogP contribution in [0.2, 0.25) is 0 Å². The van der Waals surface area contributed by atoms with Crippen molar-refractivity contribution in [1.29, 1.82) is 0 Å². The van der Waals surface area contributed by atoms with Crippen molar-refractivity contribution in [2.24, 2.45) is 0 Å². The summed E-state index contributed by atoms with van der Waals surface area (Å²) in [6, 6.07) is 8.29. The molecule has 3 nitrogen and oxygen atoms in total. The van der Waals surface area contributed by atoms with Crippen LogP contribution in [-0.2, 0) is 6.42 Å². The Morgan fingerprint density at radius 2 is 2.00 bits per heavy atom. The van der Waals surface area contributed by atoms with E-state index in [1.165, 1.54) is 11.1 Å². The van der Waals surface area contributed by atoms with Gasteiger partial charge in [-0.1, -0.05) is 19.1 Å². The second-order valence-electron chi connectivity index (χ2n) is 4.15. The van der Waals surface area contributed by atoms with E-state index < -0.39 is 0 Å². The van der Waals surface area contributed by atoms with Gasteiger partial charge in [0.05, 0.1) is 0 Å². The standard InChI is InChI=1S/C14H17N3/c1-4-12-5-6-13(10(2)9-12)17-14-15-8-7-11(3)16-14/h5-9H,4H2,1-3H3,(H,15,16,17). The molecular formula is C14H17N3. The van der Waals surface area contributed by atoms with Crippen LogP contribution in [0.5, 0.6) is 0 Å². The lowest BCUT2D eigenvalue weighted by atomic mass is 10.1. The molecule has 1 N–H and O–H groups in total. The van der Waals surface area contributed by atoms with Crippen LogP contribution in [0, 0.1) is 13.8 Å². The van der Waals surface area contributed by atoms with E-state index >= 15 is 0 Å². The highest BCUT2D eigenvalue weighted by molar-refractivity contribution is 5.58. The van der Waals surface area contributed by atoms with Crippen molar-refractivity contribution >= 4 is 11.6 Å². The number of hydrogen-bond acceptors (Lipinski definition) is 3. The smallest absolute Gasteiger partial charge is 0.227 e. The fourth-order valence-corrected chi connectivity index (χ4v) is 1.72. The molecule has 0 aliphatic carbocycles. The van der Waals surface area contributed by atoms with Gasteiger partial charge in [-0.15, -0.1) is 0 Å². The van der Waals surface area contributed by atoms with Crippen LogP contribution in [0.4, 0.5) is 11.6 Å². The molecule has 0 radical (unpaired) electrons. The summed E-state index contributed by atoms with van der Waals surface area (Å²) in [5.74, 6) is 0.650. The van der Waals surface area contributed by atoms with E-state index in [-0.39, 0.29) is 0 Å². The molecule has 0 atom stereocenters. The van der Waals surface area contributed by atoms with Gasteiger partial charge in [-0.25, -0.2) is 9.97 Å². The third-order valence-corrected chi connectivity index (χ3v) is 2.74. The first-order valence-corrected chi connectivity index (χ1v) is 5.85. The average Bonchev–Trinajstić information content (AvgIpc) is 2.32. The van der Waals surface area contributed by atoms with E-state index in [0.29, 0.717) is 5.95 Å². The topological polar surface area (TPSA) is 37.8 Å². The number of aryl methyl sites for hydroxylation is 3. The summed E-state index contributed by atoms with van der Waals surface area (Å²) >= 11 is 0. The zero-order valence-corrected chi connectivity index (χ0v) is 10.5. The Balaban J connectivity index is 2.24. The molecule has 0 fully saturated rings. The molecule has 1 aromatic carbocycles. The number of benzene rings is 1. The fraction of sp³-hybridized carbons (Fsp3) is 0.286. The lowest BCUT2D eigenvalue weighted by Gasteiger charge is -2.09. The summed E-state index contributed by atoms with van der Waals surface area (Å²) in [5.41, 5.74) is 4.59. The number of aromatic nitrogens is 2. The summed E-state index contributed by atoms with van der Waals surface area (Å²) < 4.78 is 0. The Morgan fingerprint density at radius 1 is 1.18 bits per heavy atom. The highest BCUT2D eigenvalue weighted by Crippen LogP contribution is 2.19. The number of hydrogen-bond donors (Lipinski definition) is 1. The molecule has 0 spiro atoms. The molecule has 0 saturated heterocycles. The van der Waals surface area contributed by atoms with E-state index in [1.807, 2.05) is 13.0 Å². The van der Waals surface area contributed by atoms with Gasteiger partial charge in [-0.2, -0.15) is 0 Å². The van der Waals surface area contributed by atoms with Crippen LogP contribution in [0.1, 0.15) is 23.7 Å². The van der Waals surface area contributed by atoms with Crippen molar-refractivity contribution in [1.82, 2.24) is 9.97 Å². The molecule has 0 bridgehead atoms. The molecule has 0 aliphatic rings. The summed E-state index contributed by atoms with van der Waals surface area (Å²) in [5, 5.41) is 3.24. The first-order chi connectivity index (χ1) is 8.19. The van der Waals surface area contributed by atoms with Gasteiger partial charge >= 0.3 is 0 Å². The molecule has 2 rings (SSSR count). The highest BCUT2D eigenvalue weighted by Gasteiger charge is 2.02. The van der Waals surface area contributed by atoms with Crippen molar-refractivity contribution in [3.05, 3.63) is 47.3 Å². The number of nitrogens with zero attached hydrogens (tertiary/aromatic N) is 2. The maximum absolute atomic E-state index is 4.33. The monoisotopic (exact) mass is 227 g/mol. The van der Waals surface area contributed by atoms with Gasteiger partial charge in [0.15, 0.2) is 0 Å². The van der Waals surface area contributed by atoms with E-state index in [4.69, 9.17) is 0 Å². The molecule has 3 heteroatoms. The van der Waals surface area contributed by atoms with Gasteiger partial charge in [-0.3, -0.25) is 0 Å². The Labute approximate surface area is 102 Å². The van der Waals surface area contributed by atoms with E-state index in [2.05, 4.69) is 47.3 Å². The maximum atomic E-state index is 4.33. The van der Waals surface area contributed by atoms with Gasteiger partial charge in [0.25, 0.3) is 0 Å². The van der Waals surface area contributed by atoms with Crippen LogP contribution < -0.4 is 5.32 Å². The van der Waals surface area contributed by atoms with Crippen LogP contribution in [0.3, 0.4) is 0 Å². The van der Waals surface area contributed by atoms with Crippen LogP contribution in [0.25, 0.3) is 0 Å². The summed E-state index contributed by atoms with van der Waals surface area (Å²) in [7, 11) is 0. The lowest BCUT2D eigenvalue weighted by molar-refractivity contribution is 1.10. The zero-order valence-electron chi connectivity index (χ0n) is 10.5. The lowest BCUT2D eigenvalue weighted by Crippen LogP contribution is -1.99. The summed E-state index contributed by atoms with van der Waals surface area (Å²) in [6.45, 7) is 6.21. The maximum Gasteiger partial charge on any atom is 0.227 e. The quantitative estimate of drug-likeness (QED) is 0.873. The van der Waals surface area contributed by atoms with Crippen molar-refractivity contribution in [3.63, 3.8) is 0 Å². The predicted octanol–water partition coefficient (Wildman–Crippen LogP) is 3.40. The molecule has 0 unspecified atom stereocenters. The number of anilines is 2. The second-order valence-corrected chi connectivity index (χ2v) is 4.15. The second kappa shape index (κ2) is 4.95. The van der Waals surface area contributed by atoms with Crippen molar-refractivity contribution in [2.75, 3.05) is 5.32 Å². The molecular weight excluding hydrogens is 210 g/mol. The average molecular weight is 227 g/mol. The predicted molar refractivity (Wildman–Crippen MR) is 70.6 cm³/mol. The first-order valence-electron chi connectivity index (χ1n) is 5.85. The van der Waals surface area contributed by atoms with Gasteiger partial charge < -0.3 is 5.32 Å². The first kappa shape index (κ1) is 11.6. The summed E-state index contributed by atoms with van der Waals surface area (Å²) in [6.07, 6.45) is 2.82. The largest absolute Gasteiger partial charge is 0.324 e. The Hall–Kier alpha value is -1.90. The van der Waals surface area contributed by atoms with Crippen molar-refractivity contribution < 1.29 is 0 Å². The van der Waals surface area contributed by atoms with Gasteiger partial charge in [0.2, 0.25) is 5.95 Å². The Morgan fingerprint density at radius 3 is 2.65 bits per heavy atom. The van der Waals surface area contributed by atoms with Crippen LogP contribution in [-0.4, -0.2) is 9.97 Å². The normalized spacial score (nSPS) is 10.3. The number of nitrogens with one attached hydrogen (secondary N) is 1.